The molecule has 1 aromatic carbocycles. The summed E-state index contributed by atoms with van der Waals surface area (Å²) in [5, 5.41) is 7.13. The van der Waals surface area contributed by atoms with Crippen LogP contribution in [-0.4, -0.2) is 50.5 Å². The topological polar surface area (TPSA) is 113 Å². The summed E-state index contributed by atoms with van der Waals surface area (Å²) in [6.45, 7) is 5.08. The van der Waals surface area contributed by atoms with Gasteiger partial charge in [0.05, 0.1) is 12.4 Å². The Morgan fingerprint density at radius 1 is 1.00 bits per heavy atom. The quantitative estimate of drug-likeness (QED) is 0.349. The third kappa shape index (κ3) is 4.94. The second-order valence-electron chi connectivity index (χ2n) is 8.33. The van der Waals surface area contributed by atoms with E-state index in [0.29, 0.717) is 5.82 Å². The molecule has 0 saturated heterocycles. The van der Waals surface area contributed by atoms with Crippen LogP contribution in [0.3, 0.4) is 0 Å². The van der Waals surface area contributed by atoms with Crippen LogP contribution in [0.15, 0.2) is 48.8 Å². The van der Waals surface area contributed by atoms with Gasteiger partial charge in [-0.1, -0.05) is 19.1 Å². The summed E-state index contributed by atoms with van der Waals surface area (Å²) in [6, 6.07) is 8.12. The molecule has 0 bridgehead atoms. The van der Waals surface area contributed by atoms with Crippen molar-refractivity contribution >= 4 is 9.84 Å². The van der Waals surface area contributed by atoms with E-state index in [4.69, 9.17) is 4.74 Å². The Morgan fingerprint density at radius 2 is 1.64 bits per heavy atom. The van der Waals surface area contributed by atoms with Gasteiger partial charge in [0.25, 0.3) is 0 Å². The minimum Gasteiger partial charge on any atom is -0.481 e. The third-order valence-electron chi connectivity index (χ3n) is 5.86. The Morgan fingerprint density at radius 3 is 2.28 bits per heavy atom. The number of rotatable bonds is 8. The molecule has 0 amide bonds. The summed E-state index contributed by atoms with van der Waals surface area (Å²) in [4.78, 5) is 12.8. The molecule has 2 atom stereocenters. The SMILES string of the molecule is COc1cccc(-c2nnc(CS(=O)(=O)[C@@H](C)[C@H](C)c3ncc(C)cn3)n2-c2c(F)cccc2F)n1. The standard InChI is InChI=1S/C24H24F2N6O3S/c1-14-11-27-23(28-12-14)15(2)16(3)36(33,34)13-20-30-31-24(19-9-6-10-21(29-19)35-4)32(20)22-17(25)7-5-8-18(22)26/h5-12,15-16H,13H2,1-4H3/t15-,16-/m0/s1. The molecule has 188 valence electrons. The lowest BCUT2D eigenvalue weighted by Gasteiger charge is -2.19. The molecule has 0 fully saturated rings. The fourth-order valence-electron chi connectivity index (χ4n) is 3.64. The molecule has 0 spiro atoms. The molecule has 0 N–H and O–H groups in total. The summed E-state index contributed by atoms with van der Waals surface area (Å²) in [5.74, 6) is -2.58. The largest absolute Gasteiger partial charge is 0.481 e. The molecule has 12 heteroatoms. The second-order valence-corrected chi connectivity index (χ2v) is 10.7. The summed E-state index contributed by atoms with van der Waals surface area (Å²) in [5.41, 5.74) is 0.540. The maximum Gasteiger partial charge on any atom is 0.213 e. The molecule has 36 heavy (non-hydrogen) atoms. The van der Waals surface area contributed by atoms with Gasteiger partial charge in [0.2, 0.25) is 5.88 Å². The van der Waals surface area contributed by atoms with E-state index in [9.17, 15) is 17.2 Å². The zero-order valence-corrected chi connectivity index (χ0v) is 20.9. The third-order valence-corrected chi connectivity index (χ3v) is 8.06. The van der Waals surface area contributed by atoms with Crippen LogP contribution in [0.25, 0.3) is 17.2 Å². The van der Waals surface area contributed by atoms with Crippen LogP contribution in [0.5, 0.6) is 5.88 Å². The van der Waals surface area contributed by atoms with Crippen LogP contribution in [-0.2, 0) is 15.6 Å². The molecule has 0 unspecified atom stereocenters. The molecule has 4 rings (SSSR count). The van der Waals surface area contributed by atoms with Gasteiger partial charge in [0.1, 0.15) is 34.6 Å². The van der Waals surface area contributed by atoms with E-state index in [-0.39, 0.29) is 23.2 Å². The van der Waals surface area contributed by atoms with Crippen LogP contribution in [0, 0.1) is 18.6 Å². The summed E-state index contributed by atoms with van der Waals surface area (Å²) >= 11 is 0. The number of para-hydroxylation sites is 1. The highest BCUT2D eigenvalue weighted by molar-refractivity contribution is 7.91. The van der Waals surface area contributed by atoms with E-state index < -0.39 is 44.1 Å². The molecule has 0 aliphatic heterocycles. The van der Waals surface area contributed by atoms with Gasteiger partial charge in [0.15, 0.2) is 21.5 Å². The second kappa shape index (κ2) is 10.1. The zero-order chi connectivity index (χ0) is 26.0. The number of pyridine rings is 1. The molecule has 0 radical (unpaired) electrons. The van der Waals surface area contributed by atoms with Crippen LogP contribution in [0.1, 0.15) is 37.0 Å². The monoisotopic (exact) mass is 514 g/mol. The van der Waals surface area contributed by atoms with Gasteiger partial charge in [-0.25, -0.2) is 32.2 Å². The molecule has 0 aliphatic carbocycles. The lowest BCUT2D eigenvalue weighted by Crippen LogP contribution is -2.27. The lowest BCUT2D eigenvalue weighted by molar-refractivity contribution is 0.398. The van der Waals surface area contributed by atoms with Gasteiger partial charge < -0.3 is 4.74 Å². The minimum atomic E-state index is -3.90. The van der Waals surface area contributed by atoms with Crippen LogP contribution in [0.2, 0.25) is 0 Å². The molecule has 0 aliphatic rings. The molecule has 4 aromatic rings. The number of sulfone groups is 1. The van der Waals surface area contributed by atoms with Gasteiger partial charge in [-0.15, -0.1) is 10.2 Å². The van der Waals surface area contributed by atoms with Gasteiger partial charge in [-0.2, -0.15) is 0 Å². The summed E-state index contributed by atoms with van der Waals surface area (Å²) in [7, 11) is -2.48. The Balaban J connectivity index is 1.80. The van der Waals surface area contributed by atoms with Crippen molar-refractivity contribution in [3.8, 4) is 23.1 Å². The van der Waals surface area contributed by atoms with Crippen molar-refractivity contribution in [1.29, 1.82) is 0 Å². The number of benzene rings is 1. The van der Waals surface area contributed by atoms with Crippen molar-refractivity contribution in [1.82, 2.24) is 29.7 Å². The number of halogens is 2. The van der Waals surface area contributed by atoms with Crippen molar-refractivity contribution in [2.75, 3.05) is 7.11 Å². The number of aryl methyl sites for hydroxylation is 1. The maximum absolute atomic E-state index is 14.9. The normalized spacial score (nSPS) is 13.4. The molecular weight excluding hydrogens is 490 g/mol. The van der Waals surface area contributed by atoms with Crippen LogP contribution >= 0.6 is 0 Å². The summed E-state index contributed by atoms with van der Waals surface area (Å²) in [6.07, 6.45) is 3.23. The van der Waals surface area contributed by atoms with E-state index in [1.807, 2.05) is 6.92 Å². The Bertz CT molecular complexity index is 1470. The lowest BCUT2D eigenvalue weighted by atomic mass is 10.1. The van der Waals surface area contributed by atoms with E-state index in [1.54, 1.807) is 37.5 Å². The van der Waals surface area contributed by atoms with Crippen molar-refractivity contribution in [3.05, 3.63) is 77.6 Å². The molecule has 3 aromatic heterocycles. The highest BCUT2D eigenvalue weighted by Crippen LogP contribution is 2.29. The van der Waals surface area contributed by atoms with Gasteiger partial charge >= 0.3 is 0 Å². The van der Waals surface area contributed by atoms with E-state index in [0.717, 1.165) is 22.3 Å². The first-order valence-corrected chi connectivity index (χ1v) is 12.7. The molecule has 0 saturated carbocycles. The number of methoxy groups -OCH3 is 1. The van der Waals surface area contributed by atoms with Gasteiger partial charge in [0, 0.05) is 24.4 Å². The predicted octanol–water partition coefficient (Wildman–Crippen LogP) is 3.82. The first-order chi connectivity index (χ1) is 17.1. The van der Waals surface area contributed by atoms with Crippen molar-refractivity contribution in [2.45, 2.75) is 37.7 Å². The number of aromatic nitrogens is 6. The van der Waals surface area contributed by atoms with Gasteiger partial charge in [-0.05, 0) is 37.6 Å². The van der Waals surface area contributed by atoms with Gasteiger partial charge in [-0.3, -0.25) is 4.57 Å². The first-order valence-electron chi connectivity index (χ1n) is 11.0. The minimum absolute atomic E-state index is 0.0364. The Labute approximate surface area is 207 Å². The van der Waals surface area contributed by atoms with E-state index in [1.165, 1.54) is 20.1 Å². The molecule has 9 nitrogen and oxygen atoms in total. The average Bonchev–Trinajstić information content (AvgIpc) is 3.25. The Hall–Kier alpha value is -3.80. The highest BCUT2D eigenvalue weighted by Gasteiger charge is 2.33. The van der Waals surface area contributed by atoms with E-state index >= 15 is 0 Å². The Kier molecular flexibility index (Phi) is 7.07. The fourth-order valence-corrected chi connectivity index (χ4v) is 5.19. The van der Waals surface area contributed by atoms with Crippen molar-refractivity contribution in [2.24, 2.45) is 0 Å². The number of ether oxygens (including phenoxy) is 1. The average molecular weight is 515 g/mol. The number of hydrogen-bond acceptors (Lipinski definition) is 8. The number of nitrogens with zero attached hydrogens (tertiary/aromatic N) is 6. The maximum atomic E-state index is 14.9. The highest BCUT2D eigenvalue weighted by atomic mass is 32.2. The predicted molar refractivity (Wildman–Crippen MR) is 128 cm³/mol. The molecular formula is C24H24F2N6O3S. The fraction of sp³-hybridized carbons (Fsp3) is 0.292. The smallest absolute Gasteiger partial charge is 0.213 e. The molecule has 3 heterocycles. The zero-order valence-electron chi connectivity index (χ0n) is 20.1. The van der Waals surface area contributed by atoms with Crippen LogP contribution < -0.4 is 4.74 Å². The van der Waals surface area contributed by atoms with Crippen LogP contribution in [0.4, 0.5) is 8.78 Å². The van der Waals surface area contributed by atoms with Crippen molar-refractivity contribution < 1.29 is 21.9 Å². The number of hydrogen-bond donors (Lipinski definition) is 0. The van der Waals surface area contributed by atoms with Crippen molar-refractivity contribution in [3.63, 3.8) is 0 Å². The first kappa shape index (κ1) is 25.3. The summed E-state index contributed by atoms with van der Waals surface area (Å²) < 4.78 is 62.8. The van der Waals surface area contributed by atoms with E-state index in [2.05, 4.69) is 25.1 Å².